The Hall–Kier alpha value is -2.21. The molecule has 1 aromatic carbocycles. The van der Waals surface area contributed by atoms with Gasteiger partial charge in [-0.1, -0.05) is 26.0 Å². The number of hydrogen-bond donors (Lipinski definition) is 2. The van der Waals surface area contributed by atoms with Gasteiger partial charge in [0.05, 0.1) is 29.0 Å². The molecule has 29 heavy (non-hydrogen) atoms. The molecule has 0 spiro atoms. The van der Waals surface area contributed by atoms with Gasteiger partial charge in [-0.05, 0) is 61.0 Å². The highest BCUT2D eigenvalue weighted by atomic mass is 32.2. The molecular weight excluding hydrogens is 380 g/mol. The number of rotatable bonds is 7. The van der Waals surface area contributed by atoms with Gasteiger partial charge in [0.1, 0.15) is 5.82 Å². The summed E-state index contributed by atoms with van der Waals surface area (Å²) >= 11 is 1.98. The minimum atomic E-state index is -0.116. The molecule has 1 aliphatic heterocycles. The molecule has 154 valence electrons. The molecule has 1 unspecified atom stereocenters. The van der Waals surface area contributed by atoms with E-state index in [1.54, 1.807) is 0 Å². The Morgan fingerprint density at radius 1 is 1.21 bits per heavy atom. The van der Waals surface area contributed by atoms with E-state index in [0.29, 0.717) is 12.3 Å². The molecule has 0 bridgehead atoms. The molecule has 2 aromatic heterocycles. The van der Waals surface area contributed by atoms with E-state index < -0.39 is 0 Å². The van der Waals surface area contributed by atoms with Gasteiger partial charge in [-0.25, -0.2) is 4.98 Å². The minimum Gasteiger partial charge on any atom is -0.348 e. The fourth-order valence-corrected chi connectivity index (χ4v) is 5.57. The molecule has 5 nitrogen and oxygen atoms in total. The van der Waals surface area contributed by atoms with Gasteiger partial charge in [-0.3, -0.25) is 4.79 Å². The smallest absolute Gasteiger partial charge is 0.222 e. The lowest BCUT2D eigenvalue weighted by molar-refractivity contribution is -0.124. The third-order valence-electron chi connectivity index (χ3n) is 5.85. The molecule has 3 aromatic rings. The van der Waals surface area contributed by atoms with Crippen LogP contribution in [0.1, 0.15) is 51.4 Å². The summed E-state index contributed by atoms with van der Waals surface area (Å²) in [7, 11) is 0. The van der Waals surface area contributed by atoms with Gasteiger partial charge in [0, 0.05) is 12.4 Å². The number of amides is 1. The van der Waals surface area contributed by atoms with Crippen molar-refractivity contribution in [3.63, 3.8) is 0 Å². The molecule has 4 rings (SSSR count). The molecule has 1 fully saturated rings. The van der Waals surface area contributed by atoms with Gasteiger partial charge in [0.25, 0.3) is 0 Å². The lowest BCUT2D eigenvalue weighted by atomic mass is 9.87. The van der Waals surface area contributed by atoms with Crippen LogP contribution < -0.4 is 5.32 Å². The van der Waals surface area contributed by atoms with Crippen molar-refractivity contribution in [1.82, 2.24) is 19.9 Å². The van der Waals surface area contributed by atoms with Crippen molar-refractivity contribution in [2.24, 2.45) is 5.92 Å². The number of carbonyl (C=O) groups is 1. The molecule has 0 aliphatic carbocycles. The van der Waals surface area contributed by atoms with Crippen molar-refractivity contribution in [2.45, 2.75) is 51.1 Å². The second kappa shape index (κ2) is 8.66. The van der Waals surface area contributed by atoms with Gasteiger partial charge in [0.15, 0.2) is 0 Å². The zero-order valence-electron chi connectivity index (χ0n) is 17.2. The zero-order valence-corrected chi connectivity index (χ0v) is 18.0. The van der Waals surface area contributed by atoms with Crippen LogP contribution in [0, 0.1) is 5.92 Å². The zero-order chi connectivity index (χ0) is 20.3. The van der Waals surface area contributed by atoms with Crippen LogP contribution >= 0.6 is 11.8 Å². The van der Waals surface area contributed by atoms with Gasteiger partial charge in [-0.2, -0.15) is 11.8 Å². The number of nitrogens with zero attached hydrogens (tertiary/aromatic N) is 2. The van der Waals surface area contributed by atoms with Crippen LogP contribution in [0.15, 0.2) is 48.8 Å². The summed E-state index contributed by atoms with van der Waals surface area (Å²) in [5, 5.41) is 3.31. The predicted octanol–water partition coefficient (Wildman–Crippen LogP) is 4.88. The van der Waals surface area contributed by atoms with Gasteiger partial charge < -0.3 is 14.9 Å². The van der Waals surface area contributed by atoms with E-state index in [4.69, 9.17) is 4.98 Å². The highest BCUT2D eigenvalue weighted by Gasteiger charge is 2.36. The lowest BCUT2D eigenvalue weighted by Crippen LogP contribution is -2.42. The van der Waals surface area contributed by atoms with Crippen molar-refractivity contribution in [1.29, 1.82) is 0 Å². The lowest BCUT2D eigenvalue weighted by Gasteiger charge is -2.38. The fraction of sp³-hybridized carbons (Fsp3) is 0.478. The highest BCUT2D eigenvalue weighted by Crippen LogP contribution is 2.37. The van der Waals surface area contributed by atoms with Crippen LogP contribution in [-0.4, -0.2) is 31.9 Å². The summed E-state index contributed by atoms with van der Waals surface area (Å²) in [5.74, 6) is 3.62. The van der Waals surface area contributed by atoms with E-state index in [9.17, 15) is 4.79 Å². The number of aromatic nitrogens is 3. The van der Waals surface area contributed by atoms with E-state index in [1.165, 1.54) is 0 Å². The molecule has 3 heterocycles. The van der Waals surface area contributed by atoms with Crippen LogP contribution in [0.5, 0.6) is 0 Å². The number of imidazole rings is 1. The first-order valence-electron chi connectivity index (χ1n) is 10.5. The number of benzene rings is 1. The fourth-order valence-electron chi connectivity index (χ4n) is 4.32. The number of fused-ring (bicyclic) bond motifs is 1. The van der Waals surface area contributed by atoms with Gasteiger partial charge >= 0.3 is 0 Å². The molecule has 1 saturated heterocycles. The number of carbonyl (C=O) groups excluding carboxylic acids is 1. The second-order valence-corrected chi connectivity index (χ2v) is 9.72. The Kier molecular flexibility index (Phi) is 5.99. The van der Waals surface area contributed by atoms with Crippen molar-refractivity contribution >= 4 is 28.7 Å². The van der Waals surface area contributed by atoms with Gasteiger partial charge in [0.2, 0.25) is 5.91 Å². The largest absolute Gasteiger partial charge is 0.348 e. The van der Waals surface area contributed by atoms with Crippen LogP contribution in [0.25, 0.3) is 11.0 Å². The number of hydrogen-bond acceptors (Lipinski definition) is 3. The van der Waals surface area contributed by atoms with E-state index in [2.05, 4.69) is 53.2 Å². The highest BCUT2D eigenvalue weighted by molar-refractivity contribution is 7.99. The quantitative estimate of drug-likeness (QED) is 0.583. The van der Waals surface area contributed by atoms with Crippen molar-refractivity contribution in [2.75, 3.05) is 11.5 Å². The molecule has 0 saturated carbocycles. The number of thioether (sulfide) groups is 1. The molecular formula is C23H30N4OS. The maximum atomic E-state index is 13.2. The summed E-state index contributed by atoms with van der Waals surface area (Å²) in [6.07, 6.45) is 7.63. The third-order valence-corrected chi connectivity index (χ3v) is 6.83. The van der Waals surface area contributed by atoms with E-state index in [0.717, 1.165) is 47.6 Å². The molecule has 1 amide bonds. The average molecular weight is 411 g/mol. The molecule has 0 radical (unpaired) electrons. The van der Waals surface area contributed by atoms with Crippen LogP contribution in [-0.2, 0) is 10.3 Å². The first-order chi connectivity index (χ1) is 14.1. The summed E-state index contributed by atoms with van der Waals surface area (Å²) in [5.41, 5.74) is 1.84. The van der Waals surface area contributed by atoms with E-state index in [-0.39, 0.29) is 17.5 Å². The normalized spacial score (nSPS) is 17.5. The van der Waals surface area contributed by atoms with Crippen LogP contribution in [0.4, 0.5) is 0 Å². The SMILES string of the molecule is CC(C)CC(NC(=O)CC1(n2cccc2)CCSCC1)c1nc2ccccc2[nH]1. The predicted molar refractivity (Wildman–Crippen MR) is 120 cm³/mol. The number of nitrogens with one attached hydrogen (secondary N) is 2. The maximum Gasteiger partial charge on any atom is 0.222 e. The summed E-state index contributed by atoms with van der Waals surface area (Å²) < 4.78 is 2.25. The average Bonchev–Trinajstić information content (AvgIpc) is 3.38. The monoisotopic (exact) mass is 410 g/mol. The summed E-state index contributed by atoms with van der Waals surface area (Å²) in [6, 6.07) is 12.0. The molecule has 2 N–H and O–H groups in total. The maximum absolute atomic E-state index is 13.2. The van der Waals surface area contributed by atoms with Crippen molar-refractivity contribution < 1.29 is 4.79 Å². The Morgan fingerprint density at radius 3 is 2.62 bits per heavy atom. The molecule has 1 aliphatic rings. The number of para-hydroxylation sites is 2. The van der Waals surface area contributed by atoms with Crippen molar-refractivity contribution in [3.05, 3.63) is 54.6 Å². The first-order valence-corrected chi connectivity index (χ1v) is 11.7. The summed E-state index contributed by atoms with van der Waals surface area (Å²) in [4.78, 5) is 21.4. The molecule has 6 heteroatoms. The first kappa shape index (κ1) is 20.1. The van der Waals surface area contributed by atoms with Gasteiger partial charge in [-0.15, -0.1) is 0 Å². The Morgan fingerprint density at radius 2 is 1.93 bits per heavy atom. The number of aromatic amines is 1. The molecule has 1 atom stereocenters. The standard InChI is InChI=1S/C23H30N4OS/c1-17(2)15-20(22-25-18-7-3-4-8-19(18)26-22)24-21(28)16-23(9-13-29-14-10-23)27-11-5-6-12-27/h3-8,11-12,17,20H,9-10,13-16H2,1-2H3,(H,24,28)(H,25,26). The number of H-pyrrole nitrogens is 1. The van der Waals surface area contributed by atoms with Crippen LogP contribution in [0.3, 0.4) is 0 Å². The Labute approximate surface area is 176 Å². The second-order valence-electron chi connectivity index (χ2n) is 8.49. The third kappa shape index (κ3) is 4.53. The van der Waals surface area contributed by atoms with Crippen LogP contribution in [0.2, 0.25) is 0 Å². The Balaban J connectivity index is 1.54. The topological polar surface area (TPSA) is 62.7 Å². The minimum absolute atomic E-state index is 0.102. The summed E-state index contributed by atoms with van der Waals surface area (Å²) in [6.45, 7) is 4.36. The van der Waals surface area contributed by atoms with E-state index >= 15 is 0 Å². The van der Waals surface area contributed by atoms with Crippen molar-refractivity contribution in [3.8, 4) is 0 Å². The van der Waals surface area contributed by atoms with E-state index in [1.807, 2.05) is 36.0 Å². The Bertz CT molecular complexity index is 908.